The quantitative estimate of drug-likeness (QED) is 0.729. The Morgan fingerprint density at radius 1 is 1.17 bits per heavy atom. The fraction of sp³-hybridized carbons (Fsp3) is 0.375. The standard InChI is InChI=1S/C16H18N4O3/c1-23-16(22)13-6-2-3-7-14(13)19-12-15(21)20(10-4-8-17)11-5-9-18/h2-3,6-7,19H,4-5,10-12H2,1H3. The molecule has 0 saturated heterocycles. The summed E-state index contributed by atoms with van der Waals surface area (Å²) in [4.78, 5) is 25.3. The van der Waals surface area contributed by atoms with Crippen molar-refractivity contribution < 1.29 is 14.3 Å². The van der Waals surface area contributed by atoms with E-state index in [4.69, 9.17) is 15.3 Å². The van der Waals surface area contributed by atoms with Crippen molar-refractivity contribution in [3.63, 3.8) is 0 Å². The largest absolute Gasteiger partial charge is 0.465 e. The van der Waals surface area contributed by atoms with E-state index in [2.05, 4.69) is 5.32 Å². The van der Waals surface area contributed by atoms with Gasteiger partial charge >= 0.3 is 5.97 Å². The molecule has 0 spiro atoms. The zero-order chi connectivity index (χ0) is 17.1. The summed E-state index contributed by atoms with van der Waals surface area (Å²) in [5, 5.41) is 20.2. The van der Waals surface area contributed by atoms with E-state index in [1.165, 1.54) is 12.0 Å². The summed E-state index contributed by atoms with van der Waals surface area (Å²) in [5.74, 6) is -0.735. The van der Waals surface area contributed by atoms with Gasteiger partial charge in [0, 0.05) is 18.8 Å². The number of ether oxygens (including phenoxy) is 1. The molecule has 0 radical (unpaired) electrons. The van der Waals surface area contributed by atoms with E-state index in [0.29, 0.717) is 11.3 Å². The molecule has 0 fully saturated rings. The van der Waals surface area contributed by atoms with Gasteiger partial charge in [-0.15, -0.1) is 0 Å². The average Bonchev–Trinajstić information content (AvgIpc) is 2.59. The molecule has 0 aliphatic rings. The summed E-state index contributed by atoms with van der Waals surface area (Å²) in [5.41, 5.74) is 0.830. The van der Waals surface area contributed by atoms with Crippen molar-refractivity contribution in [2.45, 2.75) is 12.8 Å². The van der Waals surface area contributed by atoms with Gasteiger partial charge in [-0.1, -0.05) is 12.1 Å². The van der Waals surface area contributed by atoms with E-state index in [1.807, 2.05) is 12.1 Å². The topological polar surface area (TPSA) is 106 Å². The lowest BCUT2D eigenvalue weighted by molar-refractivity contribution is -0.129. The van der Waals surface area contributed by atoms with Gasteiger partial charge in [-0.2, -0.15) is 10.5 Å². The van der Waals surface area contributed by atoms with Gasteiger partial charge in [-0.05, 0) is 12.1 Å². The van der Waals surface area contributed by atoms with Gasteiger partial charge in [-0.25, -0.2) is 4.79 Å². The number of nitrogens with zero attached hydrogens (tertiary/aromatic N) is 3. The summed E-state index contributed by atoms with van der Waals surface area (Å²) in [7, 11) is 1.29. The van der Waals surface area contributed by atoms with E-state index in [9.17, 15) is 9.59 Å². The molecular formula is C16H18N4O3. The SMILES string of the molecule is COC(=O)c1ccccc1NCC(=O)N(CCC#N)CCC#N. The number of para-hydroxylation sites is 1. The van der Waals surface area contributed by atoms with Crippen LogP contribution in [0.25, 0.3) is 0 Å². The maximum absolute atomic E-state index is 12.2. The molecule has 0 aromatic heterocycles. The number of anilines is 1. The van der Waals surface area contributed by atoms with Crippen molar-refractivity contribution in [2.24, 2.45) is 0 Å². The van der Waals surface area contributed by atoms with Gasteiger partial charge in [0.05, 0.1) is 44.2 Å². The van der Waals surface area contributed by atoms with Gasteiger partial charge < -0.3 is 15.0 Å². The van der Waals surface area contributed by atoms with Crippen LogP contribution in [0.1, 0.15) is 23.2 Å². The van der Waals surface area contributed by atoms with Crippen LogP contribution in [0.15, 0.2) is 24.3 Å². The number of rotatable bonds is 8. The van der Waals surface area contributed by atoms with Crippen LogP contribution < -0.4 is 5.32 Å². The van der Waals surface area contributed by atoms with Crippen LogP contribution in [-0.4, -0.2) is 43.5 Å². The molecule has 1 amide bonds. The number of carbonyl (C=O) groups excluding carboxylic acids is 2. The highest BCUT2D eigenvalue weighted by Gasteiger charge is 2.15. The third-order valence-electron chi connectivity index (χ3n) is 3.10. The van der Waals surface area contributed by atoms with E-state index >= 15 is 0 Å². The fourth-order valence-corrected chi connectivity index (χ4v) is 1.94. The number of nitriles is 2. The normalized spacial score (nSPS) is 9.35. The van der Waals surface area contributed by atoms with Crippen molar-refractivity contribution in [3.05, 3.63) is 29.8 Å². The van der Waals surface area contributed by atoms with Crippen molar-refractivity contribution in [3.8, 4) is 12.1 Å². The molecule has 1 N–H and O–H groups in total. The number of amides is 1. The minimum Gasteiger partial charge on any atom is -0.465 e. The molecule has 0 bridgehead atoms. The average molecular weight is 314 g/mol. The zero-order valence-corrected chi connectivity index (χ0v) is 12.9. The van der Waals surface area contributed by atoms with Crippen LogP contribution in [0.3, 0.4) is 0 Å². The maximum Gasteiger partial charge on any atom is 0.339 e. The number of carbonyl (C=O) groups is 2. The lowest BCUT2D eigenvalue weighted by Crippen LogP contribution is -2.37. The summed E-state index contributed by atoms with van der Waals surface area (Å²) < 4.78 is 4.69. The molecule has 7 nitrogen and oxygen atoms in total. The molecule has 1 aromatic carbocycles. The number of hydrogen-bond acceptors (Lipinski definition) is 6. The van der Waals surface area contributed by atoms with Crippen molar-refractivity contribution in [2.75, 3.05) is 32.1 Å². The molecule has 0 heterocycles. The molecule has 0 aliphatic carbocycles. The first-order chi connectivity index (χ1) is 11.1. The Labute approximate surface area is 135 Å². The summed E-state index contributed by atoms with van der Waals surface area (Å²) >= 11 is 0. The second kappa shape index (κ2) is 9.80. The number of benzene rings is 1. The summed E-state index contributed by atoms with van der Waals surface area (Å²) in [6.07, 6.45) is 0.409. The Kier molecular flexibility index (Phi) is 7.67. The molecule has 23 heavy (non-hydrogen) atoms. The van der Waals surface area contributed by atoms with Crippen LogP contribution in [0.5, 0.6) is 0 Å². The number of nitrogens with one attached hydrogen (secondary N) is 1. The maximum atomic E-state index is 12.2. The van der Waals surface area contributed by atoms with E-state index in [-0.39, 0.29) is 38.4 Å². The first-order valence-electron chi connectivity index (χ1n) is 7.07. The van der Waals surface area contributed by atoms with Crippen LogP contribution in [0.2, 0.25) is 0 Å². The molecule has 1 aromatic rings. The molecule has 0 aliphatic heterocycles. The third kappa shape index (κ3) is 5.68. The number of methoxy groups -OCH3 is 1. The van der Waals surface area contributed by atoms with Crippen molar-refractivity contribution >= 4 is 17.6 Å². The van der Waals surface area contributed by atoms with E-state index in [0.717, 1.165) is 0 Å². The Balaban J connectivity index is 2.72. The molecule has 0 atom stereocenters. The Hall–Kier alpha value is -3.06. The lowest BCUT2D eigenvalue weighted by atomic mass is 10.2. The second-order valence-electron chi connectivity index (χ2n) is 4.59. The molecule has 1 rings (SSSR count). The Bertz CT molecular complexity index is 613. The van der Waals surface area contributed by atoms with Crippen LogP contribution in [-0.2, 0) is 9.53 Å². The van der Waals surface area contributed by atoms with Gasteiger partial charge in [0.1, 0.15) is 0 Å². The smallest absolute Gasteiger partial charge is 0.339 e. The van der Waals surface area contributed by atoms with Gasteiger partial charge in [0.15, 0.2) is 0 Å². The van der Waals surface area contributed by atoms with Gasteiger partial charge in [0.25, 0.3) is 0 Å². The lowest BCUT2D eigenvalue weighted by Gasteiger charge is -2.21. The predicted molar refractivity (Wildman–Crippen MR) is 83.3 cm³/mol. The monoisotopic (exact) mass is 314 g/mol. The third-order valence-corrected chi connectivity index (χ3v) is 3.10. The number of esters is 1. The van der Waals surface area contributed by atoms with E-state index < -0.39 is 5.97 Å². The zero-order valence-electron chi connectivity index (χ0n) is 12.9. The first-order valence-corrected chi connectivity index (χ1v) is 7.07. The molecule has 120 valence electrons. The number of hydrogen-bond donors (Lipinski definition) is 1. The molecule has 0 saturated carbocycles. The molecule has 7 heteroatoms. The second-order valence-corrected chi connectivity index (χ2v) is 4.59. The van der Waals surface area contributed by atoms with Crippen molar-refractivity contribution in [1.29, 1.82) is 10.5 Å². The van der Waals surface area contributed by atoms with Gasteiger partial charge in [0.2, 0.25) is 5.91 Å². The Morgan fingerprint density at radius 2 is 1.78 bits per heavy atom. The summed E-state index contributed by atoms with van der Waals surface area (Å²) in [6.45, 7) is 0.513. The van der Waals surface area contributed by atoms with Crippen LogP contribution in [0, 0.1) is 22.7 Å². The van der Waals surface area contributed by atoms with Crippen LogP contribution in [0.4, 0.5) is 5.69 Å². The Morgan fingerprint density at radius 3 is 2.35 bits per heavy atom. The highest BCUT2D eigenvalue weighted by Crippen LogP contribution is 2.15. The van der Waals surface area contributed by atoms with E-state index in [1.54, 1.807) is 24.3 Å². The first kappa shape index (κ1) is 18.0. The van der Waals surface area contributed by atoms with Gasteiger partial charge in [-0.3, -0.25) is 4.79 Å². The van der Waals surface area contributed by atoms with Crippen molar-refractivity contribution in [1.82, 2.24) is 4.90 Å². The highest BCUT2D eigenvalue weighted by molar-refractivity contribution is 5.96. The fourth-order valence-electron chi connectivity index (χ4n) is 1.94. The predicted octanol–water partition coefficient (Wildman–Crippen LogP) is 1.54. The molecular weight excluding hydrogens is 296 g/mol. The van der Waals surface area contributed by atoms with Crippen LogP contribution >= 0.6 is 0 Å². The minimum absolute atomic E-state index is 0.0368. The minimum atomic E-state index is -0.494. The molecule has 0 unspecified atom stereocenters. The highest BCUT2D eigenvalue weighted by atomic mass is 16.5. The summed E-state index contributed by atoms with van der Waals surface area (Å²) in [6, 6.07) is 10.7.